The van der Waals surface area contributed by atoms with Crippen molar-refractivity contribution in [1.82, 2.24) is 10.2 Å². The SMILES string of the molecule is O=C(O)c1cn[nH]c1S(=O)(=O)Nc1ccc(Br)cc1F. The standard InChI is InChI=1S/C10H7BrFN3O4S/c11-5-1-2-8(7(12)3-5)15-20(18,19)9-6(10(16)17)4-13-14-9/h1-4,15H,(H,13,14)(H,16,17). The summed E-state index contributed by atoms with van der Waals surface area (Å²) in [5.41, 5.74) is -0.839. The summed E-state index contributed by atoms with van der Waals surface area (Å²) in [4.78, 5) is 10.9. The lowest BCUT2D eigenvalue weighted by Crippen LogP contribution is -2.17. The smallest absolute Gasteiger partial charge is 0.340 e. The van der Waals surface area contributed by atoms with E-state index in [0.717, 1.165) is 12.3 Å². The Morgan fingerprint density at radius 1 is 1.45 bits per heavy atom. The zero-order valence-electron chi connectivity index (χ0n) is 9.59. The third kappa shape index (κ3) is 2.80. The molecule has 20 heavy (non-hydrogen) atoms. The minimum atomic E-state index is -4.29. The van der Waals surface area contributed by atoms with Crippen LogP contribution in [-0.4, -0.2) is 29.7 Å². The van der Waals surface area contributed by atoms with Crippen molar-refractivity contribution in [2.75, 3.05) is 4.72 Å². The molecule has 1 heterocycles. The van der Waals surface area contributed by atoms with Crippen LogP contribution in [0.4, 0.5) is 10.1 Å². The highest BCUT2D eigenvalue weighted by atomic mass is 79.9. The van der Waals surface area contributed by atoms with Gasteiger partial charge in [0.25, 0.3) is 10.0 Å². The summed E-state index contributed by atoms with van der Waals surface area (Å²) in [5, 5.41) is 13.6. The van der Waals surface area contributed by atoms with Crippen molar-refractivity contribution in [2.24, 2.45) is 0 Å². The van der Waals surface area contributed by atoms with Gasteiger partial charge in [-0.15, -0.1) is 0 Å². The number of carboxylic acid groups (broad SMARTS) is 1. The summed E-state index contributed by atoms with van der Waals surface area (Å²) < 4.78 is 40.0. The second-order valence-electron chi connectivity index (χ2n) is 3.65. The molecule has 1 aromatic carbocycles. The molecule has 0 saturated heterocycles. The maximum Gasteiger partial charge on any atom is 0.340 e. The van der Waals surface area contributed by atoms with Crippen LogP contribution in [0.5, 0.6) is 0 Å². The van der Waals surface area contributed by atoms with Gasteiger partial charge in [0.2, 0.25) is 0 Å². The Bertz CT molecular complexity index is 775. The van der Waals surface area contributed by atoms with Crippen molar-refractivity contribution in [3.63, 3.8) is 0 Å². The van der Waals surface area contributed by atoms with Crippen LogP contribution >= 0.6 is 15.9 Å². The fourth-order valence-electron chi connectivity index (χ4n) is 1.40. The molecule has 0 fully saturated rings. The second-order valence-corrected chi connectivity index (χ2v) is 6.18. The lowest BCUT2D eigenvalue weighted by atomic mass is 10.3. The second kappa shape index (κ2) is 5.21. The van der Waals surface area contributed by atoms with Crippen LogP contribution in [0, 0.1) is 5.82 Å². The Morgan fingerprint density at radius 3 is 2.75 bits per heavy atom. The number of anilines is 1. The Hall–Kier alpha value is -1.94. The first-order valence-corrected chi connectivity index (χ1v) is 7.33. The minimum Gasteiger partial charge on any atom is -0.478 e. The van der Waals surface area contributed by atoms with Gasteiger partial charge in [0, 0.05) is 4.47 Å². The molecule has 0 aliphatic rings. The number of carboxylic acids is 1. The molecule has 106 valence electrons. The maximum absolute atomic E-state index is 13.6. The molecule has 10 heteroatoms. The molecule has 0 amide bonds. The normalized spacial score (nSPS) is 11.3. The van der Waals surface area contributed by atoms with Gasteiger partial charge in [-0.2, -0.15) is 13.5 Å². The van der Waals surface area contributed by atoms with Crippen molar-refractivity contribution < 1.29 is 22.7 Å². The lowest BCUT2D eigenvalue weighted by Gasteiger charge is -2.08. The fraction of sp³-hybridized carbons (Fsp3) is 0. The quantitative estimate of drug-likeness (QED) is 0.766. The highest BCUT2D eigenvalue weighted by Gasteiger charge is 2.25. The predicted molar refractivity (Wildman–Crippen MR) is 70.5 cm³/mol. The molecule has 2 aromatic rings. The topological polar surface area (TPSA) is 112 Å². The van der Waals surface area contributed by atoms with Crippen molar-refractivity contribution >= 4 is 37.6 Å². The van der Waals surface area contributed by atoms with Gasteiger partial charge in [-0.1, -0.05) is 15.9 Å². The van der Waals surface area contributed by atoms with E-state index in [1.54, 1.807) is 0 Å². The molecule has 1 aromatic heterocycles. The van der Waals surface area contributed by atoms with E-state index >= 15 is 0 Å². The first kappa shape index (κ1) is 14.5. The number of nitrogens with zero attached hydrogens (tertiary/aromatic N) is 1. The van der Waals surface area contributed by atoms with Gasteiger partial charge in [0.15, 0.2) is 5.03 Å². The zero-order chi connectivity index (χ0) is 14.9. The highest BCUT2D eigenvalue weighted by molar-refractivity contribution is 9.10. The van der Waals surface area contributed by atoms with Gasteiger partial charge < -0.3 is 5.11 Å². The Morgan fingerprint density at radius 2 is 2.15 bits per heavy atom. The van der Waals surface area contributed by atoms with E-state index in [0.29, 0.717) is 4.47 Å². The zero-order valence-corrected chi connectivity index (χ0v) is 12.0. The first-order valence-electron chi connectivity index (χ1n) is 5.06. The van der Waals surface area contributed by atoms with Gasteiger partial charge in [-0.25, -0.2) is 9.18 Å². The van der Waals surface area contributed by atoms with Gasteiger partial charge in [-0.05, 0) is 18.2 Å². The summed E-state index contributed by atoms with van der Waals surface area (Å²) in [6, 6.07) is 3.71. The molecular weight excluding hydrogens is 357 g/mol. The van der Waals surface area contributed by atoms with E-state index < -0.39 is 32.4 Å². The van der Waals surface area contributed by atoms with E-state index in [-0.39, 0.29) is 5.69 Å². The van der Waals surface area contributed by atoms with Gasteiger partial charge >= 0.3 is 5.97 Å². The highest BCUT2D eigenvalue weighted by Crippen LogP contribution is 2.23. The Balaban J connectivity index is 2.41. The number of nitrogens with one attached hydrogen (secondary N) is 2. The predicted octanol–water partition coefficient (Wildman–Crippen LogP) is 1.81. The van der Waals surface area contributed by atoms with E-state index in [2.05, 4.69) is 26.1 Å². The van der Waals surface area contributed by atoms with Crippen molar-refractivity contribution in [1.29, 1.82) is 0 Å². The third-order valence-corrected chi connectivity index (χ3v) is 4.11. The van der Waals surface area contributed by atoms with Crippen molar-refractivity contribution in [3.8, 4) is 0 Å². The van der Waals surface area contributed by atoms with Crippen LogP contribution in [0.3, 0.4) is 0 Å². The van der Waals surface area contributed by atoms with Crippen LogP contribution in [0.25, 0.3) is 0 Å². The molecule has 0 aliphatic heterocycles. The number of hydrogen-bond acceptors (Lipinski definition) is 4. The van der Waals surface area contributed by atoms with Gasteiger partial charge in [0.05, 0.1) is 11.9 Å². The van der Waals surface area contributed by atoms with Gasteiger partial charge in [-0.3, -0.25) is 9.82 Å². The number of aromatic carboxylic acids is 1. The van der Waals surface area contributed by atoms with Crippen LogP contribution in [0.1, 0.15) is 10.4 Å². The van der Waals surface area contributed by atoms with E-state index in [4.69, 9.17) is 5.11 Å². The molecule has 0 bridgehead atoms. The van der Waals surface area contributed by atoms with Crippen LogP contribution in [0.2, 0.25) is 0 Å². The summed E-state index contributed by atoms with van der Waals surface area (Å²) in [6.07, 6.45) is 0.856. The van der Waals surface area contributed by atoms with Gasteiger partial charge in [0.1, 0.15) is 11.4 Å². The van der Waals surface area contributed by atoms with E-state index in [1.165, 1.54) is 12.1 Å². The summed E-state index contributed by atoms with van der Waals surface area (Å²) in [5.74, 6) is -2.27. The van der Waals surface area contributed by atoms with Crippen LogP contribution < -0.4 is 4.72 Å². The number of hydrogen-bond donors (Lipinski definition) is 3. The Kier molecular flexibility index (Phi) is 3.77. The number of carbonyl (C=O) groups is 1. The van der Waals surface area contributed by atoms with Crippen LogP contribution in [0.15, 0.2) is 33.9 Å². The maximum atomic E-state index is 13.6. The molecule has 7 nitrogen and oxygen atoms in total. The molecule has 0 aliphatic carbocycles. The fourth-order valence-corrected chi connectivity index (χ4v) is 2.89. The minimum absolute atomic E-state index is 0.306. The monoisotopic (exact) mass is 363 g/mol. The first-order chi connectivity index (χ1) is 9.31. The number of aromatic amines is 1. The third-order valence-electron chi connectivity index (χ3n) is 2.28. The lowest BCUT2D eigenvalue weighted by molar-refractivity contribution is 0.0692. The largest absolute Gasteiger partial charge is 0.478 e. The van der Waals surface area contributed by atoms with Crippen molar-refractivity contribution in [2.45, 2.75) is 5.03 Å². The molecule has 0 spiro atoms. The molecule has 3 N–H and O–H groups in total. The average Bonchev–Trinajstić information content (AvgIpc) is 2.82. The van der Waals surface area contributed by atoms with E-state index in [9.17, 15) is 17.6 Å². The van der Waals surface area contributed by atoms with Crippen LogP contribution in [-0.2, 0) is 10.0 Å². The summed E-state index contributed by atoms with van der Waals surface area (Å²) >= 11 is 3.03. The van der Waals surface area contributed by atoms with E-state index in [1.807, 2.05) is 4.72 Å². The molecule has 0 saturated carbocycles. The molecular formula is C10H7BrFN3O4S. The number of rotatable bonds is 4. The summed E-state index contributed by atoms with van der Waals surface area (Å²) in [6.45, 7) is 0. The number of H-pyrrole nitrogens is 1. The Labute approximate surface area is 121 Å². The molecule has 0 unspecified atom stereocenters. The molecule has 0 atom stereocenters. The van der Waals surface area contributed by atoms with Crippen molar-refractivity contribution in [3.05, 3.63) is 40.2 Å². The number of sulfonamides is 1. The molecule has 2 rings (SSSR count). The average molecular weight is 364 g/mol. The molecule has 0 radical (unpaired) electrons. The number of aromatic nitrogens is 2. The summed E-state index contributed by atoms with van der Waals surface area (Å²) in [7, 11) is -4.29. The number of benzene rings is 1. The number of halogens is 2.